The van der Waals surface area contributed by atoms with Crippen molar-refractivity contribution in [3.63, 3.8) is 0 Å². The first-order valence-corrected chi connectivity index (χ1v) is 22.9. The lowest BCUT2D eigenvalue weighted by molar-refractivity contribution is -0.117. The fourth-order valence-electron chi connectivity index (χ4n) is 8.70. The Morgan fingerprint density at radius 2 is 1.05 bits per heavy atom. The van der Waals surface area contributed by atoms with E-state index in [1.165, 1.54) is 42.7 Å². The van der Waals surface area contributed by atoms with E-state index in [9.17, 15) is 4.79 Å². The number of nitrogens with two attached hydrogens (primary N) is 1. The number of halogens is 1. The molecule has 3 spiro atoms. The van der Waals surface area contributed by atoms with E-state index in [2.05, 4.69) is 77.0 Å². The van der Waals surface area contributed by atoms with Crippen LogP contribution in [0.15, 0.2) is 36.4 Å². The van der Waals surface area contributed by atoms with E-state index >= 15 is 0 Å². The fourth-order valence-corrected chi connectivity index (χ4v) is 8.87. The predicted molar refractivity (Wildman–Crippen MR) is 246 cm³/mol. The first kappa shape index (κ1) is 44.8. The van der Waals surface area contributed by atoms with Crippen LogP contribution in [0.1, 0.15) is 68.4 Å². The van der Waals surface area contributed by atoms with Crippen molar-refractivity contribution < 1.29 is 19.0 Å². The summed E-state index contributed by atoms with van der Waals surface area (Å²) in [7, 11) is 12.3. The smallest absolute Gasteiger partial charge is 0.228 e. The van der Waals surface area contributed by atoms with E-state index in [-0.39, 0.29) is 28.6 Å². The van der Waals surface area contributed by atoms with Crippen LogP contribution in [0.25, 0.3) is 0 Å². The van der Waals surface area contributed by atoms with Gasteiger partial charge in [-0.15, -0.1) is 0 Å². The van der Waals surface area contributed by atoms with Crippen molar-refractivity contribution in [1.29, 1.82) is 0 Å². The first-order chi connectivity index (χ1) is 29.7. The first-order valence-electron chi connectivity index (χ1n) is 22.5. The molecule has 0 unspecified atom stereocenters. The van der Waals surface area contributed by atoms with Gasteiger partial charge in [-0.3, -0.25) is 4.79 Å². The minimum absolute atomic E-state index is 0.0898. The van der Waals surface area contributed by atoms with Gasteiger partial charge in [0.15, 0.2) is 0 Å². The van der Waals surface area contributed by atoms with Crippen molar-refractivity contribution in [2.24, 2.45) is 5.92 Å². The van der Waals surface area contributed by atoms with Crippen LogP contribution in [0.4, 0.5) is 28.7 Å². The quantitative estimate of drug-likeness (QED) is 0.247. The van der Waals surface area contributed by atoms with Crippen LogP contribution in [0.3, 0.4) is 0 Å². The van der Waals surface area contributed by atoms with Crippen molar-refractivity contribution >= 4 is 46.2 Å². The maximum absolute atomic E-state index is 12.0. The van der Waals surface area contributed by atoms with Gasteiger partial charge in [-0.05, 0) is 130 Å². The number of hydrogen-bond donors (Lipinski definition) is 2. The Balaban J connectivity index is 0.000000129. The van der Waals surface area contributed by atoms with Gasteiger partial charge in [0.05, 0.1) is 70.8 Å². The maximum Gasteiger partial charge on any atom is 0.228 e. The van der Waals surface area contributed by atoms with Gasteiger partial charge in [-0.1, -0.05) is 11.6 Å². The molecule has 0 atom stereocenters. The zero-order chi connectivity index (χ0) is 43.6. The molecule has 7 aliphatic rings. The van der Waals surface area contributed by atoms with Gasteiger partial charge in [0.1, 0.15) is 16.8 Å². The summed E-state index contributed by atoms with van der Waals surface area (Å²) in [6.07, 6.45) is 9.09. The third-order valence-corrected chi connectivity index (χ3v) is 12.8. The molecule has 3 N–H and O–H groups in total. The van der Waals surface area contributed by atoms with Crippen molar-refractivity contribution in [2.75, 3.05) is 127 Å². The second-order valence-electron chi connectivity index (χ2n) is 19.3. The third kappa shape index (κ3) is 11.6. The van der Waals surface area contributed by atoms with Crippen LogP contribution in [0.2, 0.25) is 5.15 Å². The third-order valence-electron chi connectivity index (χ3n) is 12.6. The molecule has 0 aromatic carbocycles. The van der Waals surface area contributed by atoms with E-state index in [4.69, 9.17) is 36.5 Å². The van der Waals surface area contributed by atoms with Crippen molar-refractivity contribution in [2.45, 2.75) is 87.8 Å². The van der Waals surface area contributed by atoms with Crippen molar-refractivity contribution in [3.8, 4) is 0 Å². The second kappa shape index (κ2) is 18.7. The van der Waals surface area contributed by atoms with E-state index in [1.807, 2.05) is 46.4 Å². The number of amides is 1. The molecule has 7 fully saturated rings. The molecule has 3 saturated heterocycles. The number of carbonyl (C=O) groups is 1. The summed E-state index contributed by atoms with van der Waals surface area (Å²) in [4.78, 5) is 39.3. The van der Waals surface area contributed by atoms with E-state index in [0.717, 1.165) is 121 Å². The number of nitrogen functional groups attached to an aromatic ring is 1. The van der Waals surface area contributed by atoms with Gasteiger partial charge >= 0.3 is 0 Å². The Labute approximate surface area is 373 Å². The summed E-state index contributed by atoms with van der Waals surface area (Å²) in [5.41, 5.74) is 12.9. The van der Waals surface area contributed by atoms with Crippen LogP contribution in [-0.4, -0.2) is 154 Å². The zero-order valence-corrected chi connectivity index (χ0v) is 38.6. The van der Waals surface area contributed by atoms with Gasteiger partial charge in [-0.2, -0.15) is 0 Å². The molecule has 4 aliphatic carbocycles. The molecule has 4 saturated carbocycles. The number of aromatic nitrogens is 3. The SMILES string of the molecule is CN(C)Cc1nc(Cl)ccc1N1CCOC2(CC2)C1.CN(C)Cc1nc(N)ccc1N1CCOC2(CC2)C1.CN(C)Cc1nc(NC(=O)C2CC2)ccc1N1CCOC2(CC2)C1. The summed E-state index contributed by atoms with van der Waals surface area (Å²) in [6.45, 7) is 10.5. The largest absolute Gasteiger partial charge is 0.384 e. The number of morpholine rings is 3. The molecule has 1 amide bonds. The Kier molecular flexibility index (Phi) is 13.5. The fraction of sp³-hybridized carbons (Fsp3) is 0.652. The average Bonchev–Trinajstić information content (AvgIpc) is 4.00. The lowest BCUT2D eigenvalue weighted by atomic mass is 10.2. The molecular weight excluding hydrogens is 806 g/mol. The lowest BCUT2D eigenvalue weighted by Gasteiger charge is -2.36. The molecule has 3 aliphatic heterocycles. The lowest BCUT2D eigenvalue weighted by Crippen LogP contribution is -2.44. The van der Waals surface area contributed by atoms with Crippen LogP contribution in [0.5, 0.6) is 0 Å². The summed E-state index contributed by atoms with van der Waals surface area (Å²) in [6, 6.07) is 12.0. The van der Waals surface area contributed by atoms with Gasteiger partial charge in [0.2, 0.25) is 5.91 Å². The van der Waals surface area contributed by atoms with E-state index in [0.29, 0.717) is 16.8 Å². The minimum Gasteiger partial charge on any atom is -0.384 e. The molecule has 3 aromatic heterocycles. The van der Waals surface area contributed by atoms with Gasteiger partial charge < -0.3 is 54.7 Å². The molecular formula is C46H68ClN11O4. The van der Waals surface area contributed by atoms with E-state index < -0.39 is 0 Å². The molecule has 3 aromatic rings. The Bertz CT molecular complexity index is 1950. The Morgan fingerprint density at radius 3 is 1.47 bits per heavy atom. The highest BCUT2D eigenvalue weighted by Crippen LogP contribution is 2.45. The van der Waals surface area contributed by atoms with Crippen LogP contribution in [0, 0.1) is 5.92 Å². The number of hydrogen-bond acceptors (Lipinski definition) is 14. The Morgan fingerprint density at radius 1 is 0.645 bits per heavy atom. The number of carbonyl (C=O) groups excluding carboxylic acids is 1. The number of rotatable bonds is 11. The minimum atomic E-state index is 0.0898. The summed E-state index contributed by atoms with van der Waals surface area (Å²) in [5, 5.41) is 3.53. The van der Waals surface area contributed by atoms with Crippen LogP contribution in [-0.2, 0) is 38.6 Å². The second-order valence-corrected chi connectivity index (χ2v) is 19.7. The van der Waals surface area contributed by atoms with Gasteiger partial charge in [-0.25, -0.2) is 15.0 Å². The number of ether oxygens (including phenoxy) is 3. The van der Waals surface area contributed by atoms with E-state index in [1.54, 1.807) is 0 Å². The molecule has 10 rings (SSSR count). The highest BCUT2D eigenvalue weighted by molar-refractivity contribution is 6.29. The topological polar surface area (TPSA) is 141 Å². The monoisotopic (exact) mass is 874 g/mol. The molecule has 16 heteroatoms. The standard InChI is InChI=1S/C18H26N4O2.C14H20ClN3O.C14H22N4O/c1-21(2)11-14-15(22-9-10-24-18(12-22)7-8-18)5-6-16(19-14)20-17(23)13-3-4-13;2*1-17(2)9-11-12(3-4-13(15)16-11)18-7-8-19-14(10-18)5-6-14/h5-6,13H,3-4,7-12H2,1-2H3,(H,19,20,23);3-4H,5-10H2,1-2H3;3-4H,5-10H2,1-2H3,(H2,15,16). The maximum atomic E-state index is 12.0. The molecule has 62 heavy (non-hydrogen) atoms. The van der Waals surface area contributed by atoms with Gasteiger partial charge in [0, 0.05) is 64.8 Å². The molecule has 0 bridgehead atoms. The molecule has 338 valence electrons. The number of nitrogens with zero attached hydrogens (tertiary/aromatic N) is 9. The normalized spacial score (nSPS) is 21.5. The Hall–Kier alpha value is -3.83. The number of nitrogens with one attached hydrogen (secondary N) is 1. The highest BCUT2D eigenvalue weighted by atomic mass is 35.5. The molecule has 6 heterocycles. The van der Waals surface area contributed by atoms with Gasteiger partial charge in [0.25, 0.3) is 0 Å². The van der Waals surface area contributed by atoms with Crippen LogP contribution < -0.4 is 25.8 Å². The summed E-state index contributed by atoms with van der Waals surface area (Å²) >= 11 is 6.03. The summed E-state index contributed by atoms with van der Waals surface area (Å²) in [5.74, 6) is 1.56. The molecule has 15 nitrogen and oxygen atoms in total. The highest BCUT2D eigenvalue weighted by Gasteiger charge is 2.49. The average molecular weight is 875 g/mol. The zero-order valence-electron chi connectivity index (χ0n) is 37.8. The van der Waals surface area contributed by atoms with Crippen molar-refractivity contribution in [1.82, 2.24) is 29.7 Å². The summed E-state index contributed by atoms with van der Waals surface area (Å²) < 4.78 is 17.7. The number of pyridine rings is 3. The van der Waals surface area contributed by atoms with Crippen molar-refractivity contribution in [3.05, 3.63) is 58.6 Å². The number of anilines is 5. The van der Waals surface area contributed by atoms with Crippen LogP contribution >= 0.6 is 11.6 Å². The molecule has 0 radical (unpaired) electrons. The predicted octanol–water partition coefficient (Wildman–Crippen LogP) is 5.12.